The summed E-state index contributed by atoms with van der Waals surface area (Å²) in [6.45, 7) is 9.19. The predicted octanol–water partition coefficient (Wildman–Crippen LogP) is 3.37. The number of hydrogen-bond donors (Lipinski definition) is 1. The van der Waals surface area contributed by atoms with Gasteiger partial charge in [-0.1, -0.05) is 30.3 Å². The first-order valence-corrected chi connectivity index (χ1v) is 13.2. The van der Waals surface area contributed by atoms with Crippen molar-refractivity contribution in [3.63, 3.8) is 0 Å². The number of amides is 2. The van der Waals surface area contributed by atoms with Gasteiger partial charge in [-0.2, -0.15) is 0 Å². The highest BCUT2D eigenvalue weighted by atomic mass is 16.7. The van der Waals surface area contributed by atoms with Crippen LogP contribution in [-0.4, -0.2) is 65.9 Å². The minimum Gasteiger partial charge on any atom is -0.454 e. The molecule has 0 aromatic heterocycles. The Morgan fingerprint density at radius 3 is 2.51 bits per heavy atom. The number of benzene rings is 2. The Balaban J connectivity index is 1.04. The second-order valence-electron chi connectivity index (χ2n) is 11.7. The van der Waals surface area contributed by atoms with Gasteiger partial charge < -0.3 is 24.4 Å². The third-order valence-corrected chi connectivity index (χ3v) is 7.91. The topological polar surface area (TPSA) is 80.3 Å². The molecule has 3 aliphatic heterocycles. The minimum atomic E-state index is -0.618. The summed E-state index contributed by atoms with van der Waals surface area (Å²) in [6, 6.07) is 13.8. The monoisotopic (exact) mass is 505 g/mol. The number of piperidine rings is 1. The van der Waals surface area contributed by atoms with Gasteiger partial charge in [0.25, 0.3) is 0 Å². The van der Waals surface area contributed by atoms with E-state index < -0.39 is 17.7 Å². The standard InChI is InChI=1S/C29H35N3O5/c1-29(2,3)37-28(34)32-14-20-7-5-4-6-19(20)13-23(32)27(33)30-26-21-15-31(16-22(21)26)11-10-18-8-9-24-25(12-18)36-17-35-24/h4-9,12,21-23,26H,10-11,13-17H2,1-3H3,(H,30,33). The number of ether oxygens (including phenoxy) is 3. The maximum atomic E-state index is 13.5. The zero-order valence-corrected chi connectivity index (χ0v) is 21.7. The summed E-state index contributed by atoms with van der Waals surface area (Å²) in [5.74, 6) is 2.52. The Bertz CT molecular complexity index is 1200. The number of fused-ring (bicyclic) bond motifs is 3. The Morgan fingerprint density at radius 2 is 1.76 bits per heavy atom. The first-order valence-electron chi connectivity index (χ1n) is 13.2. The van der Waals surface area contributed by atoms with Gasteiger partial charge in [0.05, 0.1) is 6.54 Å². The molecule has 2 aromatic rings. The van der Waals surface area contributed by atoms with Crippen LogP contribution in [0.2, 0.25) is 0 Å². The van der Waals surface area contributed by atoms with Crippen LogP contribution < -0.4 is 14.8 Å². The van der Waals surface area contributed by atoms with Gasteiger partial charge in [-0.05, 0) is 67.9 Å². The third-order valence-electron chi connectivity index (χ3n) is 7.91. The van der Waals surface area contributed by atoms with Crippen LogP contribution in [-0.2, 0) is 28.9 Å². The normalized spacial score (nSPS) is 25.9. The zero-order valence-electron chi connectivity index (χ0n) is 21.7. The number of nitrogens with zero attached hydrogens (tertiary/aromatic N) is 2. The molecule has 0 radical (unpaired) electrons. The van der Waals surface area contributed by atoms with Gasteiger partial charge in [0.15, 0.2) is 11.5 Å². The van der Waals surface area contributed by atoms with Gasteiger partial charge >= 0.3 is 6.09 Å². The molecule has 8 heteroatoms. The molecule has 3 unspecified atom stereocenters. The van der Waals surface area contributed by atoms with Crippen molar-refractivity contribution in [1.29, 1.82) is 0 Å². The van der Waals surface area contributed by atoms with E-state index in [4.69, 9.17) is 14.2 Å². The molecular weight excluding hydrogens is 470 g/mol. The highest BCUT2D eigenvalue weighted by molar-refractivity contribution is 5.87. The van der Waals surface area contributed by atoms with Crippen molar-refractivity contribution in [1.82, 2.24) is 15.1 Å². The highest BCUT2D eigenvalue weighted by Gasteiger charge is 2.56. The molecule has 37 heavy (non-hydrogen) atoms. The van der Waals surface area contributed by atoms with Crippen molar-refractivity contribution in [2.45, 2.75) is 57.8 Å². The first-order chi connectivity index (χ1) is 17.7. The fourth-order valence-electron chi connectivity index (χ4n) is 5.92. The van der Waals surface area contributed by atoms with Crippen molar-refractivity contribution in [3.8, 4) is 11.5 Å². The lowest BCUT2D eigenvalue weighted by atomic mass is 9.93. The maximum absolute atomic E-state index is 13.5. The number of nitrogens with one attached hydrogen (secondary N) is 1. The van der Waals surface area contributed by atoms with E-state index in [1.54, 1.807) is 4.90 Å². The molecule has 0 bridgehead atoms. The molecule has 1 saturated carbocycles. The second kappa shape index (κ2) is 9.24. The molecule has 2 fully saturated rings. The molecule has 1 N–H and O–H groups in total. The SMILES string of the molecule is CC(C)(C)OC(=O)N1Cc2ccccc2CC1C(=O)NC1C2CN(CCc3ccc4c(c3)OCO4)CC21. The van der Waals surface area contributed by atoms with Crippen LogP contribution in [0.5, 0.6) is 11.5 Å². The fourth-order valence-corrected chi connectivity index (χ4v) is 5.92. The smallest absolute Gasteiger partial charge is 0.411 e. The summed E-state index contributed by atoms with van der Waals surface area (Å²) in [5.41, 5.74) is 2.81. The predicted molar refractivity (Wildman–Crippen MR) is 137 cm³/mol. The molecular formula is C29H35N3O5. The molecule has 196 valence electrons. The van der Waals surface area contributed by atoms with Crippen molar-refractivity contribution in [3.05, 3.63) is 59.2 Å². The van der Waals surface area contributed by atoms with E-state index in [-0.39, 0.29) is 11.9 Å². The van der Waals surface area contributed by atoms with Crippen LogP contribution in [0.1, 0.15) is 37.5 Å². The largest absolute Gasteiger partial charge is 0.454 e. The number of rotatable bonds is 5. The lowest BCUT2D eigenvalue weighted by molar-refractivity contribution is -0.127. The minimum absolute atomic E-state index is 0.0772. The van der Waals surface area contributed by atoms with E-state index in [0.717, 1.165) is 48.7 Å². The summed E-state index contributed by atoms with van der Waals surface area (Å²) in [6.07, 6.45) is 1.03. The van der Waals surface area contributed by atoms with Gasteiger partial charge in [-0.25, -0.2) is 4.79 Å². The number of carbonyl (C=O) groups is 2. The number of likely N-dealkylation sites (tertiary alicyclic amines) is 1. The Kier molecular flexibility index (Phi) is 6.02. The van der Waals surface area contributed by atoms with Gasteiger partial charge in [0.2, 0.25) is 12.7 Å². The van der Waals surface area contributed by atoms with Crippen LogP contribution >= 0.6 is 0 Å². The zero-order chi connectivity index (χ0) is 25.7. The Labute approximate surface area is 217 Å². The first kappa shape index (κ1) is 24.1. The van der Waals surface area contributed by atoms with Crippen LogP contribution in [0.15, 0.2) is 42.5 Å². The van der Waals surface area contributed by atoms with Crippen LogP contribution in [0.3, 0.4) is 0 Å². The molecule has 1 aliphatic carbocycles. The van der Waals surface area contributed by atoms with E-state index >= 15 is 0 Å². The quantitative estimate of drug-likeness (QED) is 0.671. The van der Waals surface area contributed by atoms with Gasteiger partial charge in [0, 0.05) is 32.1 Å². The molecule has 2 aromatic carbocycles. The number of carbonyl (C=O) groups excluding carboxylic acids is 2. The van der Waals surface area contributed by atoms with Crippen LogP contribution in [0, 0.1) is 11.8 Å². The van der Waals surface area contributed by atoms with Crippen LogP contribution in [0.25, 0.3) is 0 Å². The van der Waals surface area contributed by atoms with Gasteiger partial charge in [-0.3, -0.25) is 9.69 Å². The average Bonchev–Trinajstić information content (AvgIpc) is 3.21. The highest BCUT2D eigenvalue weighted by Crippen LogP contribution is 2.45. The summed E-state index contributed by atoms with van der Waals surface area (Å²) >= 11 is 0. The van der Waals surface area contributed by atoms with Gasteiger partial charge in [0.1, 0.15) is 11.6 Å². The van der Waals surface area contributed by atoms with Crippen molar-refractivity contribution in [2.24, 2.45) is 11.8 Å². The molecule has 1 saturated heterocycles. The summed E-state index contributed by atoms with van der Waals surface area (Å²) < 4.78 is 16.5. The molecule has 4 aliphatic rings. The lowest BCUT2D eigenvalue weighted by Crippen LogP contribution is -2.54. The maximum Gasteiger partial charge on any atom is 0.411 e. The lowest BCUT2D eigenvalue weighted by Gasteiger charge is -2.37. The van der Waals surface area contributed by atoms with Crippen molar-refractivity contribution in [2.75, 3.05) is 26.4 Å². The van der Waals surface area contributed by atoms with Gasteiger partial charge in [-0.15, -0.1) is 0 Å². The average molecular weight is 506 g/mol. The van der Waals surface area contributed by atoms with E-state index in [1.807, 2.05) is 51.1 Å². The molecule has 2 amide bonds. The van der Waals surface area contributed by atoms with E-state index in [0.29, 0.717) is 31.6 Å². The van der Waals surface area contributed by atoms with E-state index in [9.17, 15) is 9.59 Å². The van der Waals surface area contributed by atoms with Crippen molar-refractivity contribution >= 4 is 12.0 Å². The summed E-state index contributed by atoms with van der Waals surface area (Å²) in [4.78, 5) is 30.6. The number of hydrogen-bond acceptors (Lipinski definition) is 6. The van der Waals surface area contributed by atoms with E-state index in [1.165, 1.54) is 5.56 Å². The second-order valence-corrected chi connectivity index (χ2v) is 11.7. The Hall–Kier alpha value is -3.26. The van der Waals surface area contributed by atoms with E-state index in [2.05, 4.69) is 22.3 Å². The third kappa shape index (κ3) is 4.99. The molecule has 3 atom stereocenters. The summed E-state index contributed by atoms with van der Waals surface area (Å²) in [7, 11) is 0. The van der Waals surface area contributed by atoms with Crippen LogP contribution in [0.4, 0.5) is 4.79 Å². The van der Waals surface area contributed by atoms with Crippen molar-refractivity contribution < 1.29 is 23.8 Å². The Morgan fingerprint density at radius 1 is 1.03 bits per heavy atom. The molecule has 0 spiro atoms. The molecule has 3 heterocycles. The summed E-state index contributed by atoms with van der Waals surface area (Å²) in [5, 5.41) is 3.28. The fraction of sp³-hybridized carbons (Fsp3) is 0.517. The molecule has 6 rings (SSSR count). The molecule has 8 nitrogen and oxygen atoms in total.